The van der Waals surface area contributed by atoms with Gasteiger partial charge < -0.3 is 5.32 Å². The van der Waals surface area contributed by atoms with Gasteiger partial charge in [0.25, 0.3) is 5.56 Å². The summed E-state index contributed by atoms with van der Waals surface area (Å²) in [5.41, 5.74) is 1.54. The maximum atomic E-state index is 13.3. The number of benzene rings is 2. The fourth-order valence-electron chi connectivity index (χ4n) is 2.65. The number of thioether (sulfide) groups is 1. The van der Waals surface area contributed by atoms with Gasteiger partial charge in [-0.2, -0.15) is 17.0 Å². The molecule has 3 rings (SSSR count). The first kappa shape index (κ1) is 19.6. The van der Waals surface area contributed by atoms with E-state index in [4.69, 9.17) is 5.26 Å². The van der Waals surface area contributed by atoms with Gasteiger partial charge in [-0.25, -0.2) is 9.37 Å². The highest BCUT2D eigenvalue weighted by atomic mass is 32.2. The maximum absolute atomic E-state index is 13.3. The van der Waals surface area contributed by atoms with Crippen LogP contribution in [0.5, 0.6) is 0 Å². The molecular formula is C20H17FN4O2S. The van der Waals surface area contributed by atoms with Crippen molar-refractivity contribution in [3.8, 4) is 6.07 Å². The lowest BCUT2D eigenvalue weighted by Crippen LogP contribution is -2.33. The number of carbonyl (C=O) groups excluding carboxylic acids is 1. The number of aromatic nitrogens is 2. The summed E-state index contributed by atoms with van der Waals surface area (Å²) >= 11 is 1.60. The molecule has 0 unspecified atom stereocenters. The van der Waals surface area contributed by atoms with Crippen LogP contribution in [-0.2, 0) is 17.1 Å². The van der Waals surface area contributed by atoms with Crippen LogP contribution in [0.2, 0.25) is 0 Å². The van der Waals surface area contributed by atoms with Gasteiger partial charge in [-0.05, 0) is 29.8 Å². The number of nitrogens with one attached hydrogen (secondary N) is 1. The number of halogens is 1. The van der Waals surface area contributed by atoms with E-state index in [-0.39, 0.29) is 17.8 Å². The zero-order valence-corrected chi connectivity index (χ0v) is 15.7. The van der Waals surface area contributed by atoms with E-state index in [1.807, 2.05) is 18.2 Å². The summed E-state index contributed by atoms with van der Waals surface area (Å²) in [6.45, 7) is 0.253. The normalized spacial score (nSPS) is 10.6. The monoisotopic (exact) mass is 396 g/mol. The van der Waals surface area contributed by atoms with Crippen molar-refractivity contribution in [2.24, 2.45) is 0 Å². The van der Waals surface area contributed by atoms with Gasteiger partial charge >= 0.3 is 0 Å². The van der Waals surface area contributed by atoms with Crippen molar-refractivity contribution in [2.45, 2.75) is 12.3 Å². The molecule has 8 heteroatoms. The summed E-state index contributed by atoms with van der Waals surface area (Å²) in [5, 5.41) is 12.0. The third-order valence-corrected chi connectivity index (χ3v) is 5.07. The lowest BCUT2D eigenvalue weighted by molar-refractivity contribution is -0.121. The first-order valence-electron chi connectivity index (χ1n) is 8.55. The van der Waals surface area contributed by atoms with Crippen LogP contribution < -0.4 is 10.9 Å². The Hall–Kier alpha value is -3.18. The summed E-state index contributed by atoms with van der Waals surface area (Å²) in [4.78, 5) is 28.5. The molecule has 1 aromatic heterocycles. The summed E-state index contributed by atoms with van der Waals surface area (Å²) in [7, 11) is 0. The van der Waals surface area contributed by atoms with Crippen molar-refractivity contribution in [1.29, 1.82) is 5.26 Å². The molecule has 1 heterocycles. The van der Waals surface area contributed by atoms with Crippen LogP contribution in [0.25, 0.3) is 10.9 Å². The molecule has 1 amide bonds. The standard InChI is InChI=1S/C20H17FN4O2S/c21-16-5-6-18-17(9-16)20(27)25(13-24-18)11-19(26)23-7-8-28-12-15-4-2-1-3-14(15)10-22/h1-6,9,13H,7-8,11-12H2,(H,23,26). The average molecular weight is 396 g/mol. The van der Waals surface area contributed by atoms with Crippen LogP contribution in [0, 0.1) is 17.1 Å². The number of nitriles is 1. The lowest BCUT2D eigenvalue weighted by Gasteiger charge is -2.08. The predicted octanol–water partition coefficient (Wildman–Crippen LogP) is 2.46. The fraction of sp³-hybridized carbons (Fsp3) is 0.200. The van der Waals surface area contributed by atoms with E-state index in [1.165, 1.54) is 18.5 Å². The Morgan fingerprint density at radius 2 is 2.11 bits per heavy atom. The van der Waals surface area contributed by atoms with Crippen LogP contribution in [-0.4, -0.2) is 27.8 Å². The van der Waals surface area contributed by atoms with E-state index in [0.717, 1.165) is 16.2 Å². The maximum Gasteiger partial charge on any atom is 0.261 e. The van der Waals surface area contributed by atoms with Crippen molar-refractivity contribution in [2.75, 3.05) is 12.3 Å². The molecule has 2 aromatic carbocycles. The summed E-state index contributed by atoms with van der Waals surface area (Å²) < 4.78 is 14.5. The highest BCUT2D eigenvalue weighted by molar-refractivity contribution is 7.98. The van der Waals surface area contributed by atoms with Crippen molar-refractivity contribution in [1.82, 2.24) is 14.9 Å². The molecule has 0 bridgehead atoms. The zero-order chi connectivity index (χ0) is 19.9. The number of amides is 1. The Labute approximate surface area is 165 Å². The minimum absolute atomic E-state index is 0.141. The Kier molecular flexibility index (Phi) is 6.40. The van der Waals surface area contributed by atoms with Gasteiger partial charge in [-0.1, -0.05) is 18.2 Å². The number of fused-ring (bicyclic) bond motifs is 1. The number of nitrogens with zero attached hydrogens (tertiary/aromatic N) is 3. The molecule has 0 aliphatic heterocycles. The van der Waals surface area contributed by atoms with Gasteiger partial charge in [0.2, 0.25) is 5.91 Å². The third-order valence-electron chi connectivity index (χ3n) is 4.06. The second kappa shape index (κ2) is 9.15. The predicted molar refractivity (Wildman–Crippen MR) is 106 cm³/mol. The van der Waals surface area contributed by atoms with Crippen LogP contribution >= 0.6 is 11.8 Å². The lowest BCUT2D eigenvalue weighted by atomic mass is 10.1. The fourth-order valence-corrected chi connectivity index (χ4v) is 3.52. The van der Waals surface area contributed by atoms with Crippen LogP contribution in [0.3, 0.4) is 0 Å². The minimum atomic E-state index is -0.524. The average Bonchev–Trinajstić information content (AvgIpc) is 2.70. The van der Waals surface area contributed by atoms with Gasteiger partial charge in [-0.15, -0.1) is 0 Å². The van der Waals surface area contributed by atoms with E-state index < -0.39 is 11.4 Å². The molecule has 0 saturated heterocycles. The van der Waals surface area contributed by atoms with Crippen molar-refractivity contribution in [3.05, 3.63) is 76.1 Å². The number of hydrogen-bond acceptors (Lipinski definition) is 5. The molecule has 3 aromatic rings. The largest absolute Gasteiger partial charge is 0.354 e. The van der Waals surface area contributed by atoms with Gasteiger partial charge in [0.15, 0.2) is 0 Å². The topological polar surface area (TPSA) is 87.8 Å². The van der Waals surface area contributed by atoms with Gasteiger partial charge in [-0.3, -0.25) is 14.2 Å². The molecule has 0 spiro atoms. The molecule has 0 aliphatic rings. The summed E-state index contributed by atoms with van der Waals surface area (Å²) in [6.07, 6.45) is 1.29. The molecule has 0 saturated carbocycles. The van der Waals surface area contributed by atoms with Gasteiger partial charge in [0.05, 0.1) is 28.9 Å². The van der Waals surface area contributed by atoms with E-state index in [0.29, 0.717) is 29.1 Å². The van der Waals surface area contributed by atoms with E-state index in [1.54, 1.807) is 17.8 Å². The number of hydrogen-bond donors (Lipinski definition) is 1. The number of rotatable bonds is 7. The molecule has 28 heavy (non-hydrogen) atoms. The molecule has 0 radical (unpaired) electrons. The first-order valence-corrected chi connectivity index (χ1v) is 9.71. The van der Waals surface area contributed by atoms with Gasteiger partial charge in [0, 0.05) is 18.1 Å². The molecule has 0 fully saturated rings. The van der Waals surface area contributed by atoms with Crippen molar-refractivity contribution < 1.29 is 9.18 Å². The smallest absolute Gasteiger partial charge is 0.261 e. The summed E-state index contributed by atoms with van der Waals surface area (Å²) in [6, 6.07) is 13.3. The molecule has 142 valence electrons. The molecule has 6 nitrogen and oxygen atoms in total. The Morgan fingerprint density at radius 1 is 1.29 bits per heavy atom. The first-order chi connectivity index (χ1) is 13.6. The summed E-state index contributed by atoms with van der Waals surface area (Å²) in [5.74, 6) is 0.502. The zero-order valence-electron chi connectivity index (χ0n) is 14.9. The molecule has 1 N–H and O–H groups in total. The van der Waals surface area contributed by atoms with Crippen molar-refractivity contribution >= 4 is 28.6 Å². The van der Waals surface area contributed by atoms with Crippen LogP contribution in [0.1, 0.15) is 11.1 Å². The van der Waals surface area contributed by atoms with Gasteiger partial charge in [0.1, 0.15) is 12.4 Å². The van der Waals surface area contributed by atoms with Crippen LogP contribution in [0.4, 0.5) is 4.39 Å². The van der Waals surface area contributed by atoms with E-state index in [2.05, 4.69) is 16.4 Å². The Morgan fingerprint density at radius 3 is 2.93 bits per heavy atom. The van der Waals surface area contributed by atoms with E-state index >= 15 is 0 Å². The van der Waals surface area contributed by atoms with E-state index in [9.17, 15) is 14.0 Å². The second-order valence-electron chi connectivity index (χ2n) is 6.01. The Bertz CT molecular complexity index is 1110. The molecular weight excluding hydrogens is 379 g/mol. The number of carbonyl (C=O) groups is 1. The third kappa shape index (κ3) is 4.75. The molecule has 0 atom stereocenters. The minimum Gasteiger partial charge on any atom is -0.354 e. The van der Waals surface area contributed by atoms with Crippen LogP contribution in [0.15, 0.2) is 53.6 Å². The molecule has 0 aliphatic carbocycles. The SMILES string of the molecule is N#Cc1ccccc1CSCCNC(=O)Cn1cnc2ccc(F)cc2c1=O. The van der Waals surface area contributed by atoms with Crippen molar-refractivity contribution in [3.63, 3.8) is 0 Å². The second-order valence-corrected chi connectivity index (χ2v) is 7.12. The highest BCUT2D eigenvalue weighted by Gasteiger charge is 2.09. The highest BCUT2D eigenvalue weighted by Crippen LogP contribution is 2.15. The quantitative estimate of drug-likeness (QED) is 0.620. The Balaban J connectivity index is 1.50.